The molecule has 102 valence electrons. The van der Waals surface area contributed by atoms with Crippen LogP contribution < -0.4 is 4.74 Å². The molecule has 1 aliphatic rings. The van der Waals surface area contributed by atoms with Crippen LogP contribution in [0, 0.1) is 0 Å². The zero-order valence-electron chi connectivity index (χ0n) is 11.1. The molecule has 0 amide bonds. The first-order chi connectivity index (χ1) is 9.15. The van der Waals surface area contributed by atoms with Crippen molar-refractivity contribution in [1.82, 2.24) is 4.90 Å². The van der Waals surface area contributed by atoms with Crippen LogP contribution in [0.4, 0.5) is 4.79 Å². The third-order valence-corrected chi connectivity index (χ3v) is 2.58. The third-order valence-electron chi connectivity index (χ3n) is 2.58. The first-order valence-corrected chi connectivity index (χ1v) is 6.07. The maximum atomic E-state index is 11.4. The van der Waals surface area contributed by atoms with Crippen LogP contribution in [-0.2, 0) is 9.47 Å². The van der Waals surface area contributed by atoms with E-state index in [-0.39, 0.29) is 6.61 Å². The van der Waals surface area contributed by atoms with Gasteiger partial charge in [0, 0.05) is 12.1 Å². The van der Waals surface area contributed by atoms with Gasteiger partial charge in [-0.3, -0.25) is 0 Å². The average molecular weight is 263 g/mol. The van der Waals surface area contributed by atoms with Gasteiger partial charge in [0.25, 0.3) is 0 Å². The van der Waals surface area contributed by atoms with Crippen molar-refractivity contribution in [2.45, 2.75) is 0 Å². The first kappa shape index (κ1) is 13.4. The van der Waals surface area contributed by atoms with Crippen LogP contribution in [-0.4, -0.2) is 44.9 Å². The number of carbonyl (C=O) groups excluding carboxylic acids is 1. The van der Waals surface area contributed by atoms with Crippen LogP contribution in [0.3, 0.4) is 0 Å². The molecular formula is C14H17NO4. The molecule has 0 N–H and O–H groups in total. The molecule has 0 aromatic heterocycles. The summed E-state index contributed by atoms with van der Waals surface area (Å²) in [7, 11) is 3.81. The van der Waals surface area contributed by atoms with Crippen molar-refractivity contribution in [3.05, 3.63) is 35.6 Å². The first-order valence-electron chi connectivity index (χ1n) is 6.07. The molecule has 1 aromatic rings. The van der Waals surface area contributed by atoms with Crippen molar-refractivity contribution >= 4 is 12.2 Å². The van der Waals surface area contributed by atoms with Gasteiger partial charge < -0.3 is 19.1 Å². The molecule has 0 radical (unpaired) electrons. The second-order valence-corrected chi connectivity index (χ2v) is 4.44. The average Bonchev–Trinajstić information content (AvgIpc) is 2.38. The Morgan fingerprint density at radius 2 is 2.16 bits per heavy atom. The van der Waals surface area contributed by atoms with Crippen LogP contribution in [0.2, 0.25) is 0 Å². The quantitative estimate of drug-likeness (QED) is 0.779. The Bertz CT molecular complexity index is 482. The summed E-state index contributed by atoms with van der Waals surface area (Å²) in [5, 5.41) is 0. The van der Waals surface area contributed by atoms with Gasteiger partial charge >= 0.3 is 6.16 Å². The number of carbonyl (C=O) groups is 1. The summed E-state index contributed by atoms with van der Waals surface area (Å²) >= 11 is 0. The molecule has 19 heavy (non-hydrogen) atoms. The Hall–Kier alpha value is -2.01. The Morgan fingerprint density at radius 1 is 1.37 bits per heavy atom. The summed E-state index contributed by atoms with van der Waals surface area (Å²) < 4.78 is 15.5. The molecule has 5 nitrogen and oxygen atoms in total. The molecule has 0 atom stereocenters. The highest BCUT2D eigenvalue weighted by Crippen LogP contribution is 2.26. The van der Waals surface area contributed by atoms with Gasteiger partial charge in [-0.1, -0.05) is 18.2 Å². The Labute approximate surface area is 112 Å². The number of ether oxygens (including phenoxy) is 3. The van der Waals surface area contributed by atoms with Crippen molar-refractivity contribution in [3.8, 4) is 5.75 Å². The van der Waals surface area contributed by atoms with Gasteiger partial charge in [0.05, 0.1) is 0 Å². The number of fused-ring (bicyclic) bond motifs is 1. The monoisotopic (exact) mass is 263 g/mol. The molecule has 0 unspecified atom stereocenters. The van der Waals surface area contributed by atoms with Gasteiger partial charge in [0.15, 0.2) is 0 Å². The zero-order valence-corrected chi connectivity index (χ0v) is 11.1. The van der Waals surface area contributed by atoms with E-state index in [1.54, 1.807) is 6.08 Å². The number of likely N-dealkylation sites (N-methyl/N-ethyl adjacent to an activating group) is 1. The third kappa shape index (κ3) is 3.99. The molecule has 0 bridgehead atoms. The lowest BCUT2D eigenvalue weighted by Gasteiger charge is -2.17. The van der Waals surface area contributed by atoms with E-state index >= 15 is 0 Å². The van der Waals surface area contributed by atoms with E-state index in [2.05, 4.69) is 0 Å². The fourth-order valence-electron chi connectivity index (χ4n) is 1.60. The highest BCUT2D eigenvalue weighted by molar-refractivity contribution is 5.66. The lowest BCUT2D eigenvalue weighted by molar-refractivity contribution is 0.0660. The Kier molecular flexibility index (Phi) is 4.41. The highest BCUT2D eigenvalue weighted by Gasteiger charge is 2.15. The van der Waals surface area contributed by atoms with Crippen molar-refractivity contribution in [1.29, 1.82) is 0 Å². The van der Waals surface area contributed by atoms with Crippen LogP contribution in [0.5, 0.6) is 5.75 Å². The number of para-hydroxylation sites is 1. The minimum atomic E-state index is -0.698. The van der Waals surface area contributed by atoms with Gasteiger partial charge in [0.1, 0.15) is 24.7 Å². The molecule has 0 aliphatic carbocycles. The fourth-order valence-corrected chi connectivity index (χ4v) is 1.60. The van der Waals surface area contributed by atoms with Gasteiger partial charge in [-0.25, -0.2) is 4.79 Å². The molecule has 1 aromatic carbocycles. The Balaban J connectivity index is 1.87. The standard InChI is InChI=1S/C14H17NO4/c1-15(2)7-8-17-14(16)19-12-9-11-5-3-4-6-13(11)18-10-12/h3-6,9H,7-8,10H2,1-2H3. The van der Waals surface area contributed by atoms with E-state index in [1.807, 2.05) is 43.3 Å². The number of benzene rings is 1. The molecule has 5 heteroatoms. The van der Waals surface area contributed by atoms with E-state index < -0.39 is 6.16 Å². The minimum absolute atomic E-state index is 0.236. The number of hydrogen-bond donors (Lipinski definition) is 0. The van der Waals surface area contributed by atoms with Gasteiger partial charge in [0.2, 0.25) is 0 Å². The lowest BCUT2D eigenvalue weighted by Crippen LogP contribution is -2.21. The van der Waals surface area contributed by atoms with Crippen molar-refractivity contribution < 1.29 is 19.0 Å². The second kappa shape index (κ2) is 6.24. The topological polar surface area (TPSA) is 48.0 Å². The number of rotatable bonds is 4. The number of hydrogen-bond acceptors (Lipinski definition) is 5. The molecule has 0 spiro atoms. The SMILES string of the molecule is CN(C)CCOC(=O)OC1=Cc2ccccc2OC1. The number of nitrogens with zero attached hydrogens (tertiary/aromatic N) is 1. The molecule has 2 rings (SSSR count). The summed E-state index contributed by atoms with van der Waals surface area (Å²) in [4.78, 5) is 13.4. The van der Waals surface area contributed by atoms with E-state index in [9.17, 15) is 4.79 Å². The summed E-state index contributed by atoms with van der Waals surface area (Å²) in [5.74, 6) is 1.24. The molecule has 0 saturated heterocycles. The summed E-state index contributed by atoms with van der Waals surface area (Å²) in [6.45, 7) is 1.20. The molecule has 0 saturated carbocycles. The van der Waals surface area contributed by atoms with Crippen LogP contribution in [0.1, 0.15) is 5.56 Å². The van der Waals surface area contributed by atoms with E-state index in [0.29, 0.717) is 18.9 Å². The zero-order chi connectivity index (χ0) is 13.7. The smallest absolute Gasteiger partial charge is 0.485 e. The predicted molar refractivity (Wildman–Crippen MR) is 70.9 cm³/mol. The fraction of sp³-hybridized carbons (Fsp3) is 0.357. The Morgan fingerprint density at radius 3 is 2.95 bits per heavy atom. The normalized spacial score (nSPS) is 13.3. The van der Waals surface area contributed by atoms with E-state index in [4.69, 9.17) is 14.2 Å². The lowest BCUT2D eigenvalue weighted by atomic mass is 10.1. The summed E-state index contributed by atoms with van der Waals surface area (Å²) in [6.07, 6.45) is 1.09. The van der Waals surface area contributed by atoms with Gasteiger partial charge in [-0.05, 0) is 26.2 Å². The van der Waals surface area contributed by atoms with Crippen molar-refractivity contribution in [2.24, 2.45) is 0 Å². The van der Waals surface area contributed by atoms with Crippen LogP contribution in [0.15, 0.2) is 30.0 Å². The van der Waals surface area contributed by atoms with Crippen LogP contribution in [0.25, 0.3) is 6.08 Å². The van der Waals surface area contributed by atoms with Gasteiger partial charge in [-0.15, -0.1) is 0 Å². The molecule has 1 heterocycles. The molecular weight excluding hydrogens is 246 g/mol. The minimum Gasteiger partial charge on any atom is -0.485 e. The maximum absolute atomic E-state index is 11.4. The van der Waals surface area contributed by atoms with E-state index in [0.717, 1.165) is 11.3 Å². The predicted octanol–water partition coefficient (Wildman–Crippen LogP) is 2.13. The van der Waals surface area contributed by atoms with Crippen LogP contribution >= 0.6 is 0 Å². The summed E-state index contributed by atoms with van der Waals surface area (Å²) in [5.41, 5.74) is 0.893. The largest absolute Gasteiger partial charge is 0.513 e. The summed E-state index contributed by atoms with van der Waals surface area (Å²) in [6, 6.07) is 7.57. The maximum Gasteiger partial charge on any atom is 0.513 e. The van der Waals surface area contributed by atoms with Crippen molar-refractivity contribution in [2.75, 3.05) is 33.9 Å². The van der Waals surface area contributed by atoms with Crippen molar-refractivity contribution in [3.63, 3.8) is 0 Å². The highest BCUT2D eigenvalue weighted by atomic mass is 16.7. The molecule has 1 aliphatic heterocycles. The molecule has 0 fully saturated rings. The van der Waals surface area contributed by atoms with E-state index in [1.165, 1.54) is 0 Å². The second-order valence-electron chi connectivity index (χ2n) is 4.44. The van der Waals surface area contributed by atoms with Gasteiger partial charge in [-0.2, -0.15) is 0 Å².